The maximum Gasteiger partial charge on any atom is 0.397 e. The summed E-state index contributed by atoms with van der Waals surface area (Å²) < 4.78 is 38.7. The van der Waals surface area contributed by atoms with Crippen molar-refractivity contribution in [1.29, 1.82) is 0 Å². The lowest BCUT2D eigenvalue weighted by Crippen LogP contribution is -2.11. The average Bonchev–Trinajstić information content (AvgIpc) is 2.12. The third-order valence-electron chi connectivity index (χ3n) is 0.757. The first kappa shape index (κ1) is 7.04. The Morgan fingerprint density at radius 1 is 1.50 bits per heavy atom. The van der Waals surface area contributed by atoms with Gasteiger partial charge in [0.1, 0.15) is 6.42 Å². The van der Waals surface area contributed by atoms with E-state index in [0.29, 0.717) is 0 Å². The van der Waals surface area contributed by atoms with Crippen molar-refractivity contribution in [3.05, 3.63) is 12.3 Å². The van der Waals surface area contributed by atoms with Gasteiger partial charge in [0, 0.05) is 0 Å². The number of nitrogens with zero attached hydrogens (tertiary/aromatic N) is 2. The van der Waals surface area contributed by atoms with Crippen LogP contribution in [0.4, 0.5) is 13.2 Å². The monoisotopic (exact) mass is 152 g/mol. The van der Waals surface area contributed by atoms with Crippen LogP contribution in [0.2, 0.25) is 0 Å². The first-order valence-electron chi connectivity index (χ1n) is 2.40. The normalized spacial score (nSPS) is 11.9. The molecule has 3 nitrogen and oxygen atoms in total. The largest absolute Gasteiger partial charge is 0.428 e. The topological polar surface area (TPSA) is 38.9 Å². The molecule has 1 heterocycles. The molecule has 0 atom stereocenters. The van der Waals surface area contributed by atoms with Crippen molar-refractivity contribution in [1.82, 2.24) is 10.2 Å². The Kier molecular flexibility index (Phi) is 1.60. The van der Waals surface area contributed by atoms with E-state index >= 15 is 0 Å². The minimum Gasteiger partial charge on any atom is -0.428 e. The molecule has 10 heavy (non-hydrogen) atoms. The molecule has 0 unspecified atom stereocenters. The van der Waals surface area contributed by atoms with Gasteiger partial charge < -0.3 is 4.42 Å². The number of rotatable bonds is 1. The fraction of sp³-hybridized carbons (Fsp3) is 0.500. The fourth-order valence-electron chi connectivity index (χ4n) is 0.444. The zero-order valence-corrected chi connectivity index (χ0v) is 4.72. The molecule has 0 radical (unpaired) electrons. The van der Waals surface area contributed by atoms with Crippen molar-refractivity contribution in [2.75, 3.05) is 0 Å². The lowest BCUT2D eigenvalue weighted by atomic mass is 10.4. The van der Waals surface area contributed by atoms with Crippen molar-refractivity contribution in [3.8, 4) is 0 Å². The van der Waals surface area contributed by atoms with Crippen LogP contribution in [0.5, 0.6) is 0 Å². The molecule has 0 bridgehead atoms. The van der Waals surface area contributed by atoms with E-state index in [9.17, 15) is 13.2 Å². The number of alkyl halides is 3. The van der Waals surface area contributed by atoms with Crippen LogP contribution in [0, 0.1) is 0 Å². The Balaban J connectivity index is 2.57. The van der Waals surface area contributed by atoms with E-state index in [0.717, 1.165) is 6.39 Å². The number of hydrogen-bond acceptors (Lipinski definition) is 3. The predicted molar refractivity (Wildman–Crippen MR) is 24.1 cm³/mol. The minimum absolute atomic E-state index is 0.410. The highest BCUT2D eigenvalue weighted by Crippen LogP contribution is 2.19. The Morgan fingerprint density at radius 3 is 2.60 bits per heavy atom. The minimum atomic E-state index is -4.27. The smallest absolute Gasteiger partial charge is 0.397 e. The maximum absolute atomic E-state index is 11.5. The quantitative estimate of drug-likeness (QED) is 0.606. The van der Waals surface area contributed by atoms with E-state index in [-0.39, 0.29) is 0 Å². The van der Waals surface area contributed by atoms with Gasteiger partial charge in [0.05, 0.1) is 0 Å². The molecule has 1 aromatic rings. The van der Waals surface area contributed by atoms with E-state index < -0.39 is 18.5 Å². The fourth-order valence-corrected chi connectivity index (χ4v) is 0.444. The Bertz CT molecular complexity index is 193. The third-order valence-corrected chi connectivity index (χ3v) is 0.757. The molecule has 56 valence electrons. The zero-order valence-electron chi connectivity index (χ0n) is 4.72. The van der Waals surface area contributed by atoms with Crippen LogP contribution < -0.4 is 0 Å². The summed E-state index contributed by atoms with van der Waals surface area (Å²) in [4.78, 5) is 0. The molecule has 0 saturated carbocycles. The van der Waals surface area contributed by atoms with Crippen LogP contribution in [0.3, 0.4) is 0 Å². The van der Waals surface area contributed by atoms with Crippen LogP contribution in [-0.4, -0.2) is 16.4 Å². The summed E-state index contributed by atoms with van der Waals surface area (Å²) in [5, 5.41) is 6.15. The zero-order chi connectivity index (χ0) is 7.61. The molecule has 0 spiro atoms. The van der Waals surface area contributed by atoms with Crippen LogP contribution in [0.25, 0.3) is 0 Å². The summed E-state index contributed by atoms with van der Waals surface area (Å²) in [7, 11) is 0. The second-order valence-electron chi connectivity index (χ2n) is 1.62. The molecule has 1 aromatic heterocycles. The SMILES string of the molecule is FC(F)(F)Cc1nnco1. The Hall–Kier alpha value is -1.07. The summed E-state index contributed by atoms with van der Waals surface area (Å²) in [6.07, 6.45) is -4.57. The highest BCUT2D eigenvalue weighted by atomic mass is 19.4. The Labute approximate surface area is 53.9 Å². The molecule has 0 amide bonds. The predicted octanol–water partition coefficient (Wildman–Crippen LogP) is 1.17. The summed E-state index contributed by atoms with van der Waals surface area (Å²) in [5.41, 5.74) is 0. The van der Waals surface area contributed by atoms with Crippen LogP contribution >= 0.6 is 0 Å². The van der Waals surface area contributed by atoms with E-state index in [1.807, 2.05) is 0 Å². The van der Waals surface area contributed by atoms with Gasteiger partial charge in [-0.1, -0.05) is 0 Å². The maximum atomic E-state index is 11.5. The highest BCUT2D eigenvalue weighted by molar-refractivity contribution is 4.76. The van der Waals surface area contributed by atoms with Crippen molar-refractivity contribution < 1.29 is 17.6 Å². The van der Waals surface area contributed by atoms with E-state index in [2.05, 4.69) is 14.6 Å². The summed E-state index contributed by atoms with van der Waals surface area (Å²) in [5.74, 6) is -0.410. The van der Waals surface area contributed by atoms with Gasteiger partial charge >= 0.3 is 6.18 Å². The molecular formula is C4H3F3N2O. The summed E-state index contributed by atoms with van der Waals surface area (Å²) in [6, 6.07) is 0. The van der Waals surface area contributed by atoms with Gasteiger partial charge in [-0.25, -0.2) is 0 Å². The number of hydrogen-bond donors (Lipinski definition) is 0. The van der Waals surface area contributed by atoms with Crippen molar-refractivity contribution in [3.63, 3.8) is 0 Å². The molecule has 0 aliphatic rings. The first-order chi connectivity index (χ1) is 4.58. The molecular weight excluding hydrogens is 149 g/mol. The molecule has 0 N–H and O–H groups in total. The van der Waals surface area contributed by atoms with Crippen molar-refractivity contribution in [2.45, 2.75) is 12.6 Å². The van der Waals surface area contributed by atoms with Gasteiger partial charge in [0.25, 0.3) is 0 Å². The van der Waals surface area contributed by atoms with Crippen LogP contribution in [0.15, 0.2) is 10.8 Å². The first-order valence-corrected chi connectivity index (χ1v) is 2.40. The average molecular weight is 152 g/mol. The van der Waals surface area contributed by atoms with E-state index in [1.54, 1.807) is 0 Å². The molecule has 0 saturated heterocycles. The molecule has 1 rings (SSSR count). The van der Waals surface area contributed by atoms with Gasteiger partial charge in [0.2, 0.25) is 12.3 Å². The second-order valence-corrected chi connectivity index (χ2v) is 1.62. The molecule has 0 aliphatic carbocycles. The lowest BCUT2D eigenvalue weighted by molar-refractivity contribution is -0.130. The van der Waals surface area contributed by atoms with Gasteiger partial charge in [-0.3, -0.25) is 0 Å². The molecule has 6 heteroatoms. The standard InChI is InChI=1S/C4H3F3N2O/c5-4(6,7)1-3-9-8-2-10-3/h2H,1H2. The summed E-state index contributed by atoms with van der Waals surface area (Å²) in [6.45, 7) is 0. The van der Waals surface area contributed by atoms with E-state index in [4.69, 9.17) is 0 Å². The number of aromatic nitrogens is 2. The van der Waals surface area contributed by atoms with E-state index in [1.165, 1.54) is 0 Å². The molecule has 0 aliphatic heterocycles. The van der Waals surface area contributed by atoms with Crippen LogP contribution in [0.1, 0.15) is 5.89 Å². The highest BCUT2D eigenvalue weighted by Gasteiger charge is 2.30. The Morgan fingerprint density at radius 2 is 2.20 bits per heavy atom. The van der Waals surface area contributed by atoms with Gasteiger partial charge in [0.15, 0.2) is 0 Å². The van der Waals surface area contributed by atoms with Gasteiger partial charge in [-0.05, 0) is 0 Å². The number of halogens is 3. The van der Waals surface area contributed by atoms with Crippen molar-refractivity contribution in [2.24, 2.45) is 0 Å². The van der Waals surface area contributed by atoms with Gasteiger partial charge in [-0.2, -0.15) is 13.2 Å². The molecule has 0 aromatic carbocycles. The van der Waals surface area contributed by atoms with Gasteiger partial charge in [-0.15, -0.1) is 10.2 Å². The van der Waals surface area contributed by atoms with Crippen molar-refractivity contribution >= 4 is 0 Å². The third kappa shape index (κ3) is 2.04. The lowest BCUT2D eigenvalue weighted by Gasteiger charge is -1.99. The summed E-state index contributed by atoms with van der Waals surface area (Å²) >= 11 is 0. The van der Waals surface area contributed by atoms with Crippen LogP contribution in [-0.2, 0) is 6.42 Å². The second kappa shape index (κ2) is 2.28. The molecule has 0 fully saturated rings.